The van der Waals surface area contributed by atoms with Gasteiger partial charge in [-0.3, -0.25) is 9.69 Å². The highest BCUT2D eigenvalue weighted by atomic mass is 19.1. The van der Waals surface area contributed by atoms with Crippen molar-refractivity contribution in [1.29, 1.82) is 0 Å². The number of anilines is 1. The molecule has 130 valence electrons. The Hall–Kier alpha value is -2.69. The van der Waals surface area contributed by atoms with Crippen LogP contribution in [0, 0.1) is 19.7 Å². The molecule has 1 aliphatic heterocycles. The van der Waals surface area contributed by atoms with Crippen molar-refractivity contribution in [3.8, 4) is 0 Å². The van der Waals surface area contributed by atoms with Gasteiger partial charge in [-0.2, -0.15) is 0 Å². The second kappa shape index (κ2) is 5.99. The third-order valence-electron chi connectivity index (χ3n) is 4.80. The van der Waals surface area contributed by atoms with Crippen LogP contribution < -0.4 is 4.90 Å². The number of halogens is 1. The Labute approximate surface area is 146 Å². The first kappa shape index (κ1) is 17.1. The predicted octanol–water partition coefficient (Wildman–Crippen LogP) is 3.88. The molecule has 0 bridgehead atoms. The van der Waals surface area contributed by atoms with Gasteiger partial charge in [0.05, 0.1) is 6.61 Å². The molecule has 25 heavy (non-hydrogen) atoms. The van der Waals surface area contributed by atoms with E-state index in [0.29, 0.717) is 16.8 Å². The quantitative estimate of drug-likeness (QED) is 0.796. The number of amides is 1. The minimum Gasteiger partial charge on any atom is -0.464 e. The second-order valence-corrected chi connectivity index (χ2v) is 6.39. The molecule has 1 atom stereocenters. The van der Waals surface area contributed by atoms with Crippen LogP contribution >= 0.6 is 0 Å². The molecule has 1 heterocycles. The molecule has 0 radical (unpaired) electrons. The van der Waals surface area contributed by atoms with E-state index in [2.05, 4.69) is 0 Å². The molecule has 1 aliphatic rings. The van der Waals surface area contributed by atoms with Crippen molar-refractivity contribution in [3.63, 3.8) is 0 Å². The lowest BCUT2D eigenvalue weighted by atomic mass is 9.88. The molecule has 0 saturated heterocycles. The maximum atomic E-state index is 13.3. The smallest absolute Gasteiger partial charge is 0.336 e. The molecule has 1 amide bonds. The summed E-state index contributed by atoms with van der Waals surface area (Å²) in [6, 6.07) is 9.20. The summed E-state index contributed by atoms with van der Waals surface area (Å²) in [5.41, 5.74) is 2.21. The standard InChI is InChI=1S/C20H20FNO3/c1-5-25-19(24)20(4)17-11-13(3)12(2)10-16(17)18(23)22(20)15-8-6-14(21)7-9-15/h6-11H,5H2,1-4H3. The lowest BCUT2D eigenvalue weighted by Crippen LogP contribution is -2.48. The highest BCUT2D eigenvalue weighted by Gasteiger charge is 2.53. The maximum Gasteiger partial charge on any atom is 0.336 e. The summed E-state index contributed by atoms with van der Waals surface area (Å²) in [7, 11) is 0. The van der Waals surface area contributed by atoms with Gasteiger partial charge in [0.25, 0.3) is 5.91 Å². The first-order valence-electron chi connectivity index (χ1n) is 8.19. The molecule has 5 heteroatoms. The van der Waals surface area contributed by atoms with Gasteiger partial charge in [-0.1, -0.05) is 6.07 Å². The van der Waals surface area contributed by atoms with E-state index < -0.39 is 17.3 Å². The normalized spacial score (nSPS) is 19.1. The van der Waals surface area contributed by atoms with Gasteiger partial charge in [-0.05, 0) is 69.2 Å². The highest BCUT2D eigenvalue weighted by molar-refractivity contribution is 6.17. The third kappa shape index (κ3) is 2.51. The third-order valence-corrected chi connectivity index (χ3v) is 4.80. The molecule has 1 unspecified atom stereocenters. The molecule has 0 N–H and O–H groups in total. The maximum absolute atomic E-state index is 13.3. The zero-order valence-electron chi connectivity index (χ0n) is 14.7. The van der Waals surface area contributed by atoms with E-state index in [-0.39, 0.29) is 12.5 Å². The highest BCUT2D eigenvalue weighted by Crippen LogP contribution is 2.44. The van der Waals surface area contributed by atoms with Crippen LogP contribution in [0.15, 0.2) is 36.4 Å². The van der Waals surface area contributed by atoms with E-state index in [1.54, 1.807) is 19.9 Å². The molecule has 2 aromatic rings. The van der Waals surface area contributed by atoms with Crippen molar-refractivity contribution >= 4 is 17.6 Å². The first-order valence-corrected chi connectivity index (χ1v) is 8.19. The van der Waals surface area contributed by atoms with Gasteiger partial charge < -0.3 is 4.74 Å². The van der Waals surface area contributed by atoms with Gasteiger partial charge in [0, 0.05) is 16.8 Å². The van der Waals surface area contributed by atoms with Crippen LogP contribution in [0.5, 0.6) is 0 Å². The van der Waals surface area contributed by atoms with Gasteiger partial charge in [0.1, 0.15) is 5.82 Å². The molecule has 0 aromatic heterocycles. The molecule has 2 aromatic carbocycles. The molecule has 4 nitrogen and oxygen atoms in total. The first-order chi connectivity index (χ1) is 11.8. The van der Waals surface area contributed by atoms with Crippen LogP contribution in [0.4, 0.5) is 10.1 Å². The molecule has 0 fully saturated rings. The Morgan fingerprint density at radius 1 is 1.16 bits per heavy atom. The van der Waals surface area contributed by atoms with Crippen LogP contribution in [0.25, 0.3) is 0 Å². The molecular weight excluding hydrogens is 321 g/mol. The average molecular weight is 341 g/mol. The Bertz CT molecular complexity index is 860. The zero-order valence-corrected chi connectivity index (χ0v) is 14.7. The predicted molar refractivity (Wildman–Crippen MR) is 93.1 cm³/mol. The number of benzene rings is 2. The summed E-state index contributed by atoms with van der Waals surface area (Å²) in [6.45, 7) is 7.46. The lowest BCUT2D eigenvalue weighted by Gasteiger charge is -2.33. The van der Waals surface area contributed by atoms with Crippen LogP contribution in [0.1, 0.15) is 40.9 Å². The monoisotopic (exact) mass is 341 g/mol. The SMILES string of the molecule is CCOC(=O)C1(C)c2cc(C)c(C)cc2C(=O)N1c1ccc(F)cc1. The van der Waals surface area contributed by atoms with Crippen molar-refractivity contribution in [3.05, 3.63) is 64.5 Å². The number of esters is 1. The number of rotatable bonds is 3. The Morgan fingerprint density at radius 3 is 2.36 bits per heavy atom. The van der Waals surface area contributed by atoms with Crippen LogP contribution in [-0.2, 0) is 15.1 Å². The van der Waals surface area contributed by atoms with Crippen LogP contribution in [-0.4, -0.2) is 18.5 Å². The Balaban J connectivity index is 2.25. The van der Waals surface area contributed by atoms with E-state index in [1.165, 1.54) is 29.2 Å². The Morgan fingerprint density at radius 2 is 1.76 bits per heavy atom. The molecular formula is C20H20FNO3. The van der Waals surface area contributed by atoms with Gasteiger partial charge in [-0.15, -0.1) is 0 Å². The molecule has 0 aliphatic carbocycles. The number of aryl methyl sites for hydroxylation is 2. The number of carbonyl (C=O) groups is 2. The minimum absolute atomic E-state index is 0.208. The summed E-state index contributed by atoms with van der Waals surface area (Å²) < 4.78 is 18.6. The number of nitrogens with zero attached hydrogens (tertiary/aromatic N) is 1. The van der Waals surface area contributed by atoms with Crippen molar-refractivity contribution < 1.29 is 18.7 Å². The van der Waals surface area contributed by atoms with E-state index >= 15 is 0 Å². The zero-order chi connectivity index (χ0) is 18.4. The minimum atomic E-state index is -1.29. The van der Waals surface area contributed by atoms with E-state index in [9.17, 15) is 14.0 Å². The van der Waals surface area contributed by atoms with Crippen molar-refractivity contribution in [1.82, 2.24) is 0 Å². The average Bonchev–Trinajstić information content (AvgIpc) is 2.78. The summed E-state index contributed by atoms with van der Waals surface area (Å²) in [5.74, 6) is -1.20. The van der Waals surface area contributed by atoms with Crippen LogP contribution in [0.3, 0.4) is 0 Å². The van der Waals surface area contributed by atoms with Gasteiger partial charge in [0.2, 0.25) is 0 Å². The summed E-state index contributed by atoms with van der Waals surface area (Å²) >= 11 is 0. The Kier molecular flexibility index (Phi) is 4.11. The number of ether oxygens (including phenoxy) is 1. The largest absolute Gasteiger partial charge is 0.464 e. The van der Waals surface area contributed by atoms with Gasteiger partial charge in [-0.25, -0.2) is 9.18 Å². The fraction of sp³-hybridized carbons (Fsp3) is 0.300. The van der Waals surface area contributed by atoms with Crippen molar-refractivity contribution in [2.75, 3.05) is 11.5 Å². The van der Waals surface area contributed by atoms with E-state index in [4.69, 9.17) is 4.74 Å². The van der Waals surface area contributed by atoms with Gasteiger partial charge >= 0.3 is 5.97 Å². The fourth-order valence-corrected chi connectivity index (χ4v) is 3.28. The van der Waals surface area contributed by atoms with Crippen molar-refractivity contribution in [2.24, 2.45) is 0 Å². The van der Waals surface area contributed by atoms with Gasteiger partial charge in [0.15, 0.2) is 5.54 Å². The number of carbonyl (C=O) groups excluding carboxylic acids is 2. The summed E-state index contributed by atoms with van der Waals surface area (Å²) in [6.07, 6.45) is 0. The van der Waals surface area contributed by atoms with E-state index in [0.717, 1.165) is 11.1 Å². The summed E-state index contributed by atoms with van der Waals surface area (Å²) in [5, 5.41) is 0. The number of hydrogen-bond donors (Lipinski definition) is 0. The van der Waals surface area contributed by atoms with E-state index in [1.807, 2.05) is 19.9 Å². The molecule has 0 spiro atoms. The molecule has 3 rings (SSSR count). The second-order valence-electron chi connectivity index (χ2n) is 6.39. The van der Waals surface area contributed by atoms with Crippen molar-refractivity contribution in [2.45, 2.75) is 33.2 Å². The summed E-state index contributed by atoms with van der Waals surface area (Å²) in [4.78, 5) is 27.3. The fourth-order valence-electron chi connectivity index (χ4n) is 3.28. The number of hydrogen-bond acceptors (Lipinski definition) is 3. The lowest BCUT2D eigenvalue weighted by molar-refractivity contribution is -0.149. The molecule has 0 saturated carbocycles. The number of fused-ring (bicyclic) bond motifs is 1. The van der Waals surface area contributed by atoms with Crippen LogP contribution in [0.2, 0.25) is 0 Å². The topological polar surface area (TPSA) is 46.6 Å².